The molecular weight excluding hydrogens is 226 g/mol. The van der Waals surface area contributed by atoms with Gasteiger partial charge in [-0.15, -0.1) is 0 Å². The molecule has 1 aromatic carbocycles. The second kappa shape index (κ2) is 5.19. The minimum absolute atomic E-state index is 0.0285. The van der Waals surface area contributed by atoms with Crippen LogP contribution in [0.25, 0.3) is 0 Å². The van der Waals surface area contributed by atoms with Gasteiger partial charge >= 0.3 is 0 Å². The van der Waals surface area contributed by atoms with E-state index in [0.29, 0.717) is 11.5 Å². The van der Waals surface area contributed by atoms with Gasteiger partial charge in [-0.05, 0) is 30.7 Å². The van der Waals surface area contributed by atoms with Gasteiger partial charge < -0.3 is 10.2 Å². The number of anilines is 1. The van der Waals surface area contributed by atoms with Crippen molar-refractivity contribution in [2.24, 2.45) is 11.8 Å². The summed E-state index contributed by atoms with van der Waals surface area (Å²) in [5, 5.41) is 12.1. The van der Waals surface area contributed by atoms with Crippen molar-refractivity contribution in [3.8, 4) is 6.07 Å². The summed E-state index contributed by atoms with van der Waals surface area (Å²) in [6.07, 6.45) is 0. The third kappa shape index (κ3) is 2.36. The maximum atomic E-state index is 12.4. The van der Waals surface area contributed by atoms with Crippen molar-refractivity contribution in [2.75, 3.05) is 25.0 Å². The number of nitrogens with zero attached hydrogens (tertiary/aromatic N) is 2. The first kappa shape index (κ1) is 12.6. The van der Waals surface area contributed by atoms with E-state index in [1.807, 2.05) is 6.07 Å². The van der Waals surface area contributed by atoms with E-state index in [-0.39, 0.29) is 11.8 Å². The number of rotatable bonds is 2. The molecule has 1 aromatic rings. The molecule has 0 spiro atoms. The van der Waals surface area contributed by atoms with Crippen molar-refractivity contribution in [1.29, 1.82) is 5.26 Å². The van der Waals surface area contributed by atoms with Crippen LogP contribution >= 0.6 is 0 Å². The van der Waals surface area contributed by atoms with Crippen molar-refractivity contribution in [1.82, 2.24) is 5.32 Å². The van der Waals surface area contributed by atoms with E-state index in [1.54, 1.807) is 30.1 Å². The first-order chi connectivity index (χ1) is 8.63. The Morgan fingerprint density at radius 3 is 2.89 bits per heavy atom. The summed E-state index contributed by atoms with van der Waals surface area (Å²) < 4.78 is 0. The summed E-state index contributed by atoms with van der Waals surface area (Å²) >= 11 is 0. The molecule has 4 heteroatoms. The minimum atomic E-state index is 0.0285. The lowest BCUT2D eigenvalue weighted by Gasteiger charge is -2.23. The number of hydrogen-bond acceptors (Lipinski definition) is 3. The Morgan fingerprint density at radius 1 is 1.50 bits per heavy atom. The molecule has 94 valence electrons. The molecule has 2 atom stereocenters. The normalized spacial score (nSPS) is 22.5. The van der Waals surface area contributed by atoms with Crippen LogP contribution in [0.4, 0.5) is 5.69 Å². The van der Waals surface area contributed by atoms with Crippen LogP contribution in [0.3, 0.4) is 0 Å². The molecule has 1 heterocycles. The van der Waals surface area contributed by atoms with Crippen molar-refractivity contribution >= 4 is 11.6 Å². The Labute approximate surface area is 107 Å². The van der Waals surface area contributed by atoms with Crippen LogP contribution in [-0.2, 0) is 4.79 Å². The van der Waals surface area contributed by atoms with Crippen LogP contribution in [-0.4, -0.2) is 26.0 Å². The smallest absolute Gasteiger partial charge is 0.231 e. The molecule has 0 unspecified atom stereocenters. The third-order valence-electron chi connectivity index (χ3n) is 3.53. The monoisotopic (exact) mass is 243 g/mol. The van der Waals surface area contributed by atoms with Gasteiger partial charge in [0, 0.05) is 19.3 Å². The van der Waals surface area contributed by atoms with Crippen molar-refractivity contribution in [3.63, 3.8) is 0 Å². The van der Waals surface area contributed by atoms with Crippen LogP contribution < -0.4 is 10.2 Å². The van der Waals surface area contributed by atoms with Crippen LogP contribution in [0.15, 0.2) is 24.3 Å². The molecule has 0 bridgehead atoms. The van der Waals surface area contributed by atoms with Gasteiger partial charge in [-0.3, -0.25) is 4.79 Å². The zero-order chi connectivity index (χ0) is 13.1. The largest absolute Gasteiger partial charge is 0.316 e. The van der Waals surface area contributed by atoms with Gasteiger partial charge in [0.25, 0.3) is 0 Å². The molecular formula is C14H17N3O. The van der Waals surface area contributed by atoms with Gasteiger partial charge in [0.15, 0.2) is 0 Å². The van der Waals surface area contributed by atoms with Crippen molar-refractivity contribution in [2.45, 2.75) is 6.92 Å². The minimum Gasteiger partial charge on any atom is -0.316 e. The molecule has 0 saturated carbocycles. The predicted molar refractivity (Wildman–Crippen MR) is 70.1 cm³/mol. The fraction of sp³-hybridized carbons (Fsp3) is 0.429. The predicted octanol–water partition coefficient (Wildman–Crippen LogP) is 1.38. The number of carbonyl (C=O) groups excluding carboxylic acids is 1. The summed E-state index contributed by atoms with van der Waals surface area (Å²) in [6.45, 7) is 3.72. The highest BCUT2D eigenvalue weighted by molar-refractivity contribution is 5.95. The lowest BCUT2D eigenvalue weighted by molar-refractivity contribution is -0.122. The van der Waals surface area contributed by atoms with Gasteiger partial charge in [-0.1, -0.05) is 13.0 Å². The first-order valence-corrected chi connectivity index (χ1v) is 6.12. The Kier molecular flexibility index (Phi) is 3.63. The van der Waals surface area contributed by atoms with Crippen LogP contribution in [0.5, 0.6) is 0 Å². The van der Waals surface area contributed by atoms with E-state index in [4.69, 9.17) is 5.26 Å². The molecule has 0 aliphatic carbocycles. The molecule has 1 N–H and O–H groups in total. The number of hydrogen-bond donors (Lipinski definition) is 1. The third-order valence-corrected chi connectivity index (χ3v) is 3.53. The van der Waals surface area contributed by atoms with Crippen LogP contribution in [0, 0.1) is 23.2 Å². The number of nitriles is 1. The number of nitrogens with one attached hydrogen (secondary N) is 1. The van der Waals surface area contributed by atoms with E-state index in [2.05, 4.69) is 18.3 Å². The number of amides is 1. The van der Waals surface area contributed by atoms with E-state index in [1.165, 1.54) is 0 Å². The second-order valence-electron chi connectivity index (χ2n) is 4.80. The average molecular weight is 243 g/mol. The van der Waals surface area contributed by atoms with Crippen molar-refractivity contribution in [3.05, 3.63) is 29.8 Å². The molecule has 1 saturated heterocycles. The van der Waals surface area contributed by atoms with E-state index in [0.717, 1.165) is 18.8 Å². The average Bonchev–Trinajstić information content (AvgIpc) is 2.83. The summed E-state index contributed by atoms with van der Waals surface area (Å²) in [4.78, 5) is 14.0. The van der Waals surface area contributed by atoms with Gasteiger partial charge in [0.05, 0.1) is 17.6 Å². The highest BCUT2D eigenvalue weighted by atomic mass is 16.2. The molecule has 1 aliphatic heterocycles. The summed E-state index contributed by atoms with van der Waals surface area (Å²) in [6, 6.07) is 9.22. The SMILES string of the molecule is C[C@@H]1CNC[C@H]1C(=O)N(C)c1cccc(C#N)c1. The molecule has 18 heavy (non-hydrogen) atoms. The van der Waals surface area contributed by atoms with E-state index < -0.39 is 0 Å². The molecule has 0 aromatic heterocycles. The zero-order valence-electron chi connectivity index (χ0n) is 10.7. The Morgan fingerprint density at radius 2 is 2.28 bits per heavy atom. The number of carbonyl (C=O) groups is 1. The fourth-order valence-electron chi connectivity index (χ4n) is 2.30. The molecule has 1 aliphatic rings. The maximum absolute atomic E-state index is 12.4. The summed E-state index contributed by atoms with van der Waals surface area (Å²) in [7, 11) is 1.77. The molecule has 1 fully saturated rings. The maximum Gasteiger partial charge on any atom is 0.231 e. The Balaban J connectivity index is 2.17. The quantitative estimate of drug-likeness (QED) is 0.853. The topological polar surface area (TPSA) is 56.1 Å². The standard InChI is InChI=1S/C14H17N3O/c1-10-8-16-9-13(10)14(18)17(2)12-5-3-4-11(6-12)7-15/h3-6,10,13,16H,8-9H2,1-2H3/t10-,13-/m1/s1. The molecule has 2 rings (SSSR count). The van der Waals surface area contributed by atoms with Gasteiger partial charge in [0.2, 0.25) is 5.91 Å². The van der Waals surface area contributed by atoms with Gasteiger partial charge in [-0.25, -0.2) is 0 Å². The van der Waals surface area contributed by atoms with Gasteiger partial charge in [-0.2, -0.15) is 5.26 Å². The zero-order valence-corrected chi connectivity index (χ0v) is 10.7. The lowest BCUT2D eigenvalue weighted by Crippen LogP contribution is -2.36. The number of benzene rings is 1. The Bertz CT molecular complexity index is 492. The first-order valence-electron chi connectivity index (χ1n) is 6.12. The highest BCUT2D eigenvalue weighted by Gasteiger charge is 2.31. The summed E-state index contributed by atoms with van der Waals surface area (Å²) in [5.41, 5.74) is 1.35. The van der Waals surface area contributed by atoms with E-state index in [9.17, 15) is 4.79 Å². The molecule has 0 radical (unpaired) electrons. The van der Waals surface area contributed by atoms with Crippen LogP contribution in [0.1, 0.15) is 12.5 Å². The Hall–Kier alpha value is -1.86. The van der Waals surface area contributed by atoms with Gasteiger partial charge in [0.1, 0.15) is 0 Å². The molecule has 4 nitrogen and oxygen atoms in total. The second-order valence-corrected chi connectivity index (χ2v) is 4.80. The van der Waals surface area contributed by atoms with E-state index >= 15 is 0 Å². The lowest BCUT2D eigenvalue weighted by atomic mass is 9.96. The van der Waals surface area contributed by atoms with Crippen LogP contribution in [0.2, 0.25) is 0 Å². The highest BCUT2D eigenvalue weighted by Crippen LogP contribution is 2.22. The summed E-state index contributed by atoms with van der Waals surface area (Å²) in [5.74, 6) is 0.502. The molecule has 1 amide bonds. The fourth-order valence-corrected chi connectivity index (χ4v) is 2.30. The van der Waals surface area contributed by atoms with Crippen molar-refractivity contribution < 1.29 is 4.79 Å².